The summed E-state index contributed by atoms with van der Waals surface area (Å²) in [5.41, 5.74) is 1.11. The van der Waals surface area contributed by atoms with Gasteiger partial charge in [0.15, 0.2) is 17.3 Å². The predicted molar refractivity (Wildman–Crippen MR) is 88.3 cm³/mol. The molecule has 0 bridgehead atoms. The van der Waals surface area contributed by atoms with Crippen molar-refractivity contribution in [3.05, 3.63) is 57.3 Å². The third kappa shape index (κ3) is 2.41. The normalized spacial score (nSPS) is 20.5. The number of carbonyl (C=O) groups is 2. The molecule has 2 atom stereocenters. The molecule has 2 aliphatic rings. The fourth-order valence-electron chi connectivity index (χ4n) is 3.40. The monoisotopic (exact) mass is 406 g/mol. The Morgan fingerprint density at radius 1 is 1.20 bits per heavy atom. The minimum atomic E-state index is -1.14. The Balaban J connectivity index is 1.93. The van der Waals surface area contributed by atoms with E-state index in [2.05, 4.69) is 15.9 Å². The van der Waals surface area contributed by atoms with Gasteiger partial charge in [0.25, 0.3) is 0 Å². The van der Waals surface area contributed by atoms with Crippen molar-refractivity contribution in [1.82, 2.24) is 0 Å². The Labute approximate surface area is 150 Å². The van der Waals surface area contributed by atoms with E-state index < -0.39 is 29.4 Å². The molecule has 128 valence electrons. The molecule has 0 unspecified atom stereocenters. The van der Waals surface area contributed by atoms with Crippen LogP contribution in [-0.2, 0) is 9.53 Å². The number of carbonyl (C=O) groups excluding carboxylic acids is 2. The van der Waals surface area contributed by atoms with Crippen LogP contribution in [0.1, 0.15) is 27.4 Å². The first kappa shape index (κ1) is 16.1. The Kier molecular flexibility index (Phi) is 3.76. The molecule has 7 heteroatoms. The molecule has 5 nitrogen and oxygen atoms in total. The van der Waals surface area contributed by atoms with Crippen molar-refractivity contribution in [2.45, 2.75) is 5.92 Å². The minimum Gasteiger partial charge on any atom is -0.468 e. The zero-order valence-corrected chi connectivity index (χ0v) is 14.6. The molecule has 0 fully saturated rings. The van der Waals surface area contributed by atoms with Crippen molar-refractivity contribution >= 4 is 27.7 Å². The predicted octanol–water partition coefficient (Wildman–Crippen LogP) is 3.43. The SMILES string of the molecule is COC(=O)[C@@H]1C(=O)c2cc3c(cc2[C@H]1c1ccc(Br)cc1F)OCO3. The standard InChI is InChI=1S/C18H12BrFO5/c1-23-18(22)16-15(9-3-2-8(19)4-12(9)20)10-5-13-14(25-7-24-13)6-11(10)17(16)21/h2-6,15-16H,7H2,1H3/t15-,16+/m1/s1. The van der Waals surface area contributed by atoms with Gasteiger partial charge in [0.05, 0.1) is 7.11 Å². The smallest absolute Gasteiger partial charge is 0.317 e. The van der Waals surface area contributed by atoms with Crippen molar-refractivity contribution in [2.24, 2.45) is 5.92 Å². The molecule has 0 amide bonds. The summed E-state index contributed by atoms with van der Waals surface area (Å²) in [7, 11) is 1.21. The van der Waals surface area contributed by atoms with E-state index >= 15 is 0 Å². The van der Waals surface area contributed by atoms with E-state index in [1.54, 1.807) is 24.3 Å². The van der Waals surface area contributed by atoms with Crippen LogP contribution >= 0.6 is 15.9 Å². The first-order chi connectivity index (χ1) is 12.0. The quantitative estimate of drug-likeness (QED) is 0.564. The minimum absolute atomic E-state index is 0.0597. The number of ketones is 1. The maximum absolute atomic E-state index is 14.6. The number of benzene rings is 2. The summed E-state index contributed by atoms with van der Waals surface area (Å²) in [6.07, 6.45) is 0. The van der Waals surface area contributed by atoms with E-state index in [9.17, 15) is 14.0 Å². The van der Waals surface area contributed by atoms with E-state index in [0.29, 0.717) is 27.1 Å². The van der Waals surface area contributed by atoms with Crippen LogP contribution in [0, 0.1) is 11.7 Å². The summed E-state index contributed by atoms with van der Waals surface area (Å²) in [4.78, 5) is 25.1. The van der Waals surface area contributed by atoms with Crippen molar-refractivity contribution in [3.63, 3.8) is 0 Å². The second kappa shape index (κ2) is 5.84. The molecule has 2 aromatic carbocycles. The first-order valence-corrected chi connectivity index (χ1v) is 8.31. The highest BCUT2D eigenvalue weighted by molar-refractivity contribution is 9.10. The van der Waals surface area contributed by atoms with Crippen LogP contribution in [0.4, 0.5) is 4.39 Å². The number of fused-ring (bicyclic) bond motifs is 2. The molecule has 0 aromatic heterocycles. The lowest BCUT2D eigenvalue weighted by atomic mass is 9.85. The number of rotatable bonds is 2. The number of methoxy groups -OCH3 is 1. The molecule has 0 saturated heterocycles. The molecule has 1 heterocycles. The van der Waals surface area contributed by atoms with E-state index in [-0.39, 0.29) is 12.4 Å². The molecule has 4 rings (SSSR count). The first-order valence-electron chi connectivity index (χ1n) is 7.51. The lowest BCUT2D eigenvalue weighted by Crippen LogP contribution is -2.26. The van der Waals surface area contributed by atoms with Gasteiger partial charge in [-0.2, -0.15) is 0 Å². The van der Waals surface area contributed by atoms with Crippen LogP contribution in [0.3, 0.4) is 0 Å². The molecule has 0 radical (unpaired) electrons. The maximum Gasteiger partial charge on any atom is 0.317 e. The average molecular weight is 407 g/mol. The summed E-state index contributed by atoms with van der Waals surface area (Å²) < 4.78 is 30.6. The van der Waals surface area contributed by atoms with Gasteiger partial charge in [-0.25, -0.2) is 4.39 Å². The van der Waals surface area contributed by atoms with Crippen molar-refractivity contribution in [1.29, 1.82) is 0 Å². The van der Waals surface area contributed by atoms with E-state index in [1.165, 1.54) is 13.2 Å². The van der Waals surface area contributed by atoms with Gasteiger partial charge in [0.1, 0.15) is 11.7 Å². The van der Waals surface area contributed by atoms with Crippen LogP contribution in [0.25, 0.3) is 0 Å². The van der Waals surface area contributed by atoms with E-state index in [4.69, 9.17) is 14.2 Å². The van der Waals surface area contributed by atoms with Crippen LogP contribution in [-0.4, -0.2) is 25.7 Å². The van der Waals surface area contributed by atoms with Crippen molar-refractivity contribution < 1.29 is 28.2 Å². The van der Waals surface area contributed by atoms with Gasteiger partial charge in [-0.3, -0.25) is 9.59 Å². The number of halogens is 2. The number of hydrogen-bond donors (Lipinski definition) is 0. The lowest BCUT2D eigenvalue weighted by Gasteiger charge is -2.19. The molecule has 0 spiro atoms. The number of hydrogen-bond acceptors (Lipinski definition) is 5. The fourth-order valence-corrected chi connectivity index (χ4v) is 3.73. The van der Waals surface area contributed by atoms with Crippen LogP contribution in [0.5, 0.6) is 11.5 Å². The van der Waals surface area contributed by atoms with Gasteiger partial charge in [-0.15, -0.1) is 0 Å². The molecule has 0 N–H and O–H groups in total. The van der Waals surface area contributed by atoms with Gasteiger partial charge >= 0.3 is 5.97 Å². The van der Waals surface area contributed by atoms with Crippen molar-refractivity contribution in [2.75, 3.05) is 13.9 Å². The maximum atomic E-state index is 14.6. The molecule has 1 aliphatic carbocycles. The Morgan fingerprint density at radius 3 is 2.60 bits per heavy atom. The van der Waals surface area contributed by atoms with E-state index in [1.807, 2.05) is 0 Å². The Hall–Kier alpha value is -2.41. The summed E-state index contributed by atoms with van der Waals surface area (Å²) in [6, 6.07) is 7.73. The molecular weight excluding hydrogens is 395 g/mol. The highest BCUT2D eigenvalue weighted by Crippen LogP contribution is 2.48. The topological polar surface area (TPSA) is 61.8 Å². The number of ether oxygens (including phenoxy) is 3. The van der Waals surface area contributed by atoms with Gasteiger partial charge in [0.2, 0.25) is 6.79 Å². The Morgan fingerprint density at radius 2 is 1.92 bits per heavy atom. The summed E-state index contributed by atoms with van der Waals surface area (Å²) in [5, 5.41) is 0. The average Bonchev–Trinajstić information content (AvgIpc) is 3.15. The highest BCUT2D eigenvalue weighted by Gasteiger charge is 2.47. The second-order valence-electron chi connectivity index (χ2n) is 5.80. The second-order valence-corrected chi connectivity index (χ2v) is 6.72. The summed E-state index contributed by atoms with van der Waals surface area (Å²) in [6.45, 7) is 0.0597. The zero-order chi connectivity index (χ0) is 17.7. The lowest BCUT2D eigenvalue weighted by molar-refractivity contribution is -0.143. The van der Waals surface area contributed by atoms with Crippen LogP contribution in [0.15, 0.2) is 34.8 Å². The molecular formula is C18H12BrFO5. The van der Waals surface area contributed by atoms with E-state index in [0.717, 1.165) is 0 Å². The molecule has 2 aromatic rings. The van der Waals surface area contributed by atoms with Crippen LogP contribution in [0.2, 0.25) is 0 Å². The third-order valence-electron chi connectivity index (χ3n) is 4.51. The highest BCUT2D eigenvalue weighted by atomic mass is 79.9. The van der Waals surface area contributed by atoms with Crippen molar-refractivity contribution in [3.8, 4) is 11.5 Å². The summed E-state index contributed by atoms with van der Waals surface area (Å²) in [5.74, 6) is -2.63. The molecule has 1 aliphatic heterocycles. The van der Waals surface area contributed by atoms with Gasteiger partial charge < -0.3 is 14.2 Å². The van der Waals surface area contributed by atoms with Gasteiger partial charge in [-0.1, -0.05) is 22.0 Å². The van der Waals surface area contributed by atoms with Gasteiger partial charge in [-0.05, 0) is 35.4 Å². The van der Waals surface area contributed by atoms with Crippen LogP contribution < -0.4 is 9.47 Å². The van der Waals surface area contributed by atoms with Gasteiger partial charge in [0, 0.05) is 16.0 Å². The number of esters is 1. The Bertz CT molecular complexity index is 911. The summed E-state index contributed by atoms with van der Waals surface area (Å²) >= 11 is 3.21. The largest absolute Gasteiger partial charge is 0.468 e. The molecule has 0 saturated carbocycles. The molecule has 25 heavy (non-hydrogen) atoms. The number of Topliss-reactive ketones (excluding diaryl/α,β-unsaturated/α-hetero) is 1. The zero-order valence-electron chi connectivity index (χ0n) is 13.0. The fraction of sp³-hybridized carbons (Fsp3) is 0.222. The third-order valence-corrected chi connectivity index (χ3v) is 5.01.